The molecule has 1 atom stereocenters. The molecule has 1 aromatic rings. The normalized spacial score (nSPS) is 20.2. The molecule has 0 aromatic heterocycles. The second-order valence-electron chi connectivity index (χ2n) is 6.20. The first-order valence-corrected chi connectivity index (χ1v) is 7.17. The summed E-state index contributed by atoms with van der Waals surface area (Å²) in [6.07, 6.45) is 1.03. The van der Waals surface area contributed by atoms with Gasteiger partial charge in [-0.1, -0.05) is 0 Å². The number of carbonyl (C=O) groups is 1. The Morgan fingerprint density at radius 3 is 2.38 bits per heavy atom. The average Bonchev–Trinajstić information content (AvgIpc) is 2.43. The van der Waals surface area contributed by atoms with Crippen LogP contribution in [-0.4, -0.2) is 29.1 Å². The Morgan fingerprint density at radius 2 is 1.86 bits per heavy atom. The third-order valence-corrected chi connectivity index (χ3v) is 4.69. The molecule has 0 saturated carbocycles. The van der Waals surface area contributed by atoms with E-state index in [9.17, 15) is 18.7 Å². The van der Waals surface area contributed by atoms with E-state index in [1.54, 1.807) is 6.92 Å². The Morgan fingerprint density at radius 1 is 1.29 bits per heavy atom. The molecule has 0 aliphatic carbocycles. The molecular formula is C16H21F2NO2. The molecule has 1 aliphatic rings. The number of piperidine rings is 1. The molecule has 3 nitrogen and oxygen atoms in total. The van der Waals surface area contributed by atoms with Crippen molar-refractivity contribution in [3.63, 3.8) is 0 Å². The van der Waals surface area contributed by atoms with Crippen molar-refractivity contribution in [1.82, 2.24) is 4.90 Å². The largest absolute Gasteiger partial charge is 0.481 e. The van der Waals surface area contributed by atoms with Gasteiger partial charge in [-0.3, -0.25) is 9.69 Å². The highest BCUT2D eigenvalue weighted by atomic mass is 19.1. The molecule has 1 aliphatic heterocycles. The van der Waals surface area contributed by atoms with Crippen LogP contribution < -0.4 is 0 Å². The quantitative estimate of drug-likeness (QED) is 0.928. The van der Waals surface area contributed by atoms with E-state index in [1.165, 1.54) is 19.1 Å². The maximum atomic E-state index is 14.0. The smallest absolute Gasteiger partial charge is 0.309 e. The number of benzene rings is 1. The summed E-state index contributed by atoms with van der Waals surface area (Å²) in [7, 11) is 0. The number of aryl methyl sites for hydroxylation is 1. The Hall–Kier alpha value is -1.49. The molecule has 1 heterocycles. The first-order chi connectivity index (χ1) is 9.74. The van der Waals surface area contributed by atoms with E-state index in [1.807, 2.05) is 11.8 Å². The standard InChI is InChI=1S/C16H21F2NO2/c1-10-8-14(18)12(9-13(10)17)11(2)19-6-4-16(3,5-7-19)15(20)21/h8-9,11H,4-7H2,1-3H3,(H,20,21). The molecule has 1 aromatic carbocycles. The summed E-state index contributed by atoms with van der Waals surface area (Å²) in [5, 5.41) is 9.22. The van der Waals surface area contributed by atoms with Crippen LogP contribution in [-0.2, 0) is 4.79 Å². The van der Waals surface area contributed by atoms with E-state index in [2.05, 4.69) is 0 Å². The molecule has 5 heteroatoms. The SMILES string of the molecule is Cc1cc(F)c(C(C)N2CCC(C)(C(=O)O)CC2)cc1F. The maximum Gasteiger partial charge on any atom is 0.309 e. The minimum atomic E-state index is -0.789. The van der Waals surface area contributed by atoms with Crippen molar-refractivity contribution in [1.29, 1.82) is 0 Å². The van der Waals surface area contributed by atoms with Crippen molar-refractivity contribution in [2.24, 2.45) is 5.41 Å². The third-order valence-electron chi connectivity index (χ3n) is 4.69. The van der Waals surface area contributed by atoms with E-state index in [0.29, 0.717) is 37.1 Å². The van der Waals surface area contributed by atoms with E-state index < -0.39 is 23.0 Å². The van der Waals surface area contributed by atoms with Gasteiger partial charge in [0, 0.05) is 11.6 Å². The number of carboxylic acid groups (broad SMARTS) is 1. The van der Waals surface area contributed by atoms with Crippen LogP contribution in [0.25, 0.3) is 0 Å². The summed E-state index contributed by atoms with van der Waals surface area (Å²) in [5.41, 5.74) is -0.0922. The lowest BCUT2D eigenvalue weighted by molar-refractivity contribution is -0.151. The van der Waals surface area contributed by atoms with Crippen LogP contribution >= 0.6 is 0 Å². The fourth-order valence-corrected chi connectivity index (χ4v) is 2.80. The van der Waals surface area contributed by atoms with Gasteiger partial charge < -0.3 is 5.11 Å². The maximum absolute atomic E-state index is 14.0. The minimum Gasteiger partial charge on any atom is -0.481 e. The van der Waals surface area contributed by atoms with Gasteiger partial charge in [-0.2, -0.15) is 0 Å². The number of hydrogen-bond donors (Lipinski definition) is 1. The van der Waals surface area contributed by atoms with Gasteiger partial charge in [0.1, 0.15) is 11.6 Å². The average molecular weight is 297 g/mol. The highest BCUT2D eigenvalue weighted by Crippen LogP contribution is 2.35. The molecule has 1 N–H and O–H groups in total. The van der Waals surface area contributed by atoms with Gasteiger partial charge in [-0.15, -0.1) is 0 Å². The predicted molar refractivity (Wildman–Crippen MR) is 76.1 cm³/mol. The van der Waals surface area contributed by atoms with Gasteiger partial charge in [-0.05, 0) is 64.4 Å². The van der Waals surface area contributed by atoms with Crippen LogP contribution in [0, 0.1) is 24.0 Å². The number of aliphatic carboxylic acids is 1. The van der Waals surface area contributed by atoms with E-state index >= 15 is 0 Å². The zero-order chi connectivity index (χ0) is 15.8. The lowest BCUT2D eigenvalue weighted by atomic mass is 9.80. The molecule has 1 saturated heterocycles. The monoisotopic (exact) mass is 297 g/mol. The molecule has 0 amide bonds. The van der Waals surface area contributed by atoms with Crippen molar-refractivity contribution in [3.05, 3.63) is 34.9 Å². The van der Waals surface area contributed by atoms with Crippen molar-refractivity contribution in [3.8, 4) is 0 Å². The fraction of sp³-hybridized carbons (Fsp3) is 0.562. The number of likely N-dealkylation sites (tertiary alicyclic amines) is 1. The first-order valence-electron chi connectivity index (χ1n) is 7.17. The Kier molecular flexibility index (Phi) is 4.33. The third kappa shape index (κ3) is 3.07. The number of rotatable bonds is 3. The highest BCUT2D eigenvalue weighted by Gasteiger charge is 2.38. The van der Waals surface area contributed by atoms with Gasteiger partial charge in [0.05, 0.1) is 5.41 Å². The van der Waals surface area contributed by atoms with Crippen LogP contribution in [0.4, 0.5) is 8.78 Å². The number of halogens is 2. The zero-order valence-electron chi connectivity index (χ0n) is 12.6. The van der Waals surface area contributed by atoms with Crippen LogP contribution in [0.15, 0.2) is 12.1 Å². The predicted octanol–water partition coefficient (Wildman–Crippen LogP) is 3.52. The second-order valence-corrected chi connectivity index (χ2v) is 6.20. The van der Waals surface area contributed by atoms with E-state index in [-0.39, 0.29) is 6.04 Å². The Labute approximate surface area is 123 Å². The topological polar surface area (TPSA) is 40.5 Å². The molecule has 0 radical (unpaired) electrons. The zero-order valence-corrected chi connectivity index (χ0v) is 12.6. The minimum absolute atomic E-state index is 0.265. The molecule has 2 rings (SSSR count). The van der Waals surface area contributed by atoms with Crippen molar-refractivity contribution in [2.75, 3.05) is 13.1 Å². The number of nitrogens with zero attached hydrogens (tertiary/aromatic N) is 1. The molecule has 0 bridgehead atoms. The van der Waals surface area contributed by atoms with E-state index in [0.717, 1.165) is 0 Å². The summed E-state index contributed by atoms with van der Waals surface area (Å²) in [6.45, 7) is 6.24. The Balaban J connectivity index is 2.14. The molecule has 21 heavy (non-hydrogen) atoms. The van der Waals surface area contributed by atoms with Crippen LogP contribution in [0.5, 0.6) is 0 Å². The Bertz CT molecular complexity index is 551. The summed E-state index contributed by atoms with van der Waals surface area (Å²) >= 11 is 0. The fourth-order valence-electron chi connectivity index (χ4n) is 2.80. The number of hydrogen-bond acceptors (Lipinski definition) is 2. The first kappa shape index (κ1) is 15.9. The lowest BCUT2D eigenvalue weighted by Gasteiger charge is -2.39. The van der Waals surface area contributed by atoms with Crippen LogP contribution in [0.3, 0.4) is 0 Å². The van der Waals surface area contributed by atoms with Crippen molar-refractivity contribution in [2.45, 2.75) is 39.7 Å². The molecule has 116 valence electrons. The molecule has 1 fully saturated rings. The lowest BCUT2D eigenvalue weighted by Crippen LogP contribution is -2.43. The van der Waals surface area contributed by atoms with Gasteiger partial charge in [0.2, 0.25) is 0 Å². The summed E-state index contributed by atoms with van der Waals surface area (Å²) in [6, 6.07) is 2.20. The van der Waals surface area contributed by atoms with Crippen LogP contribution in [0.2, 0.25) is 0 Å². The van der Waals surface area contributed by atoms with Gasteiger partial charge in [0.25, 0.3) is 0 Å². The van der Waals surface area contributed by atoms with Gasteiger partial charge >= 0.3 is 5.97 Å². The summed E-state index contributed by atoms with van der Waals surface area (Å²) in [4.78, 5) is 13.2. The molecular weight excluding hydrogens is 276 g/mol. The van der Waals surface area contributed by atoms with Crippen molar-refractivity contribution >= 4 is 5.97 Å². The highest BCUT2D eigenvalue weighted by molar-refractivity contribution is 5.74. The van der Waals surface area contributed by atoms with E-state index in [4.69, 9.17) is 0 Å². The summed E-state index contributed by atoms with van der Waals surface area (Å²) < 4.78 is 27.7. The van der Waals surface area contributed by atoms with Crippen molar-refractivity contribution < 1.29 is 18.7 Å². The molecule has 1 unspecified atom stereocenters. The van der Waals surface area contributed by atoms with Crippen LogP contribution in [0.1, 0.15) is 43.9 Å². The second kappa shape index (κ2) is 5.72. The number of carboxylic acids is 1. The molecule has 0 spiro atoms. The van der Waals surface area contributed by atoms with Gasteiger partial charge in [-0.25, -0.2) is 8.78 Å². The van der Waals surface area contributed by atoms with Gasteiger partial charge in [0.15, 0.2) is 0 Å². The summed E-state index contributed by atoms with van der Waals surface area (Å²) in [5.74, 6) is -1.61.